The standard InChI is InChI=1S/C26H21NO4/c1-25-21-16-9-5-6-10-17(16)22(20-15-8-4-3-7-14(15)11-12-18(20)21)26(25,2)24(31)27(23(25)30)13-19(28)29/h3-12,21-22H,13H2,1-2H3,(H,28,29). The zero-order chi connectivity index (χ0) is 21.7. The van der Waals surface area contributed by atoms with Crippen LogP contribution in [0.5, 0.6) is 0 Å². The van der Waals surface area contributed by atoms with E-state index in [2.05, 4.69) is 30.3 Å². The molecule has 0 radical (unpaired) electrons. The lowest BCUT2D eigenvalue weighted by molar-refractivity contribution is -0.150. The van der Waals surface area contributed by atoms with Crippen molar-refractivity contribution in [3.63, 3.8) is 0 Å². The second-order valence-corrected chi connectivity index (χ2v) is 9.28. The van der Waals surface area contributed by atoms with Crippen LogP contribution in [0.4, 0.5) is 0 Å². The van der Waals surface area contributed by atoms with Crippen LogP contribution in [0.2, 0.25) is 0 Å². The van der Waals surface area contributed by atoms with E-state index in [4.69, 9.17) is 0 Å². The van der Waals surface area contributed by atoms with E-state index in [9.17, 15) is 19.5 Å². The Balaban J connectivity index is 1.74. The van der Waals surface area contributed by atoms with Crippen LogP contribution in [0.1, 0.15) is 47.9 Å². The quantitative estimate of drug-likeness (QED) is 0.649. The van der Waals surface area contributed by atoms with E-state index in [1.54, 1.807) is 0 Å². The average Bonchev–Trinajstić information content (AvgIpc) is 2.92. The highest BCUT2D eigenvalue weighted by molar-refractivity contribution is 6.14. The third kappa shape index (κ3) is 1.86. The molecule has 3 aliphatic carbocycles. The molecule has 3 aromatic carbocycles. The predicted octanol–water partition coefficient (Wildman–Crippen LogP) is 3.90. The van der Waals surface area contributed by atoms with Crippen molar-refractivity contribution in [1.29, 1.82) is 0 Å². The third-order valence-electron chi connectivity index (χ3n) is 8.13. The molecule has 1 heterocycles. The summed E-state index contributed by atoms with van der Waals surface area (Å²) in [5.41, 5.74) is 2.19. The number of rotatable bonds is 2. The maximum atomic E-state index is 13.8. The Kier molecular flexibility index (Phi) is 3.31. The molecule has 154 valence electrons. The summed E-state index contributed by atoms with van der Waals surface area (Å²) in [6, 6.07) is 20.3. The normalized spacial score (nSPS) is 30.3. The van der Waals surface area contributed by atoms with Crippen molar-refractivity contribution in [2.75, 3.05) is 6.54 Å². The summed E-state index contributed by atoms with van der Waals surface area (Å²) in [4.78, 5) is 40.0. The Morgan fingerprint density at radius 3 is 2.10 bits per heavy atom. The molecule has 4 atom stereocenters. The first kappa shape index (κ1) is 18.3. The largest absolute Gasteiger partial charge is 0.480 e. The fraction of sp³-hybridized carbons (Fsp3) is 0.269. The highest BCUT2D eigenvalue weighted by Crippen LogP contribution is 2.73. The van der Waals surface area contributed by atoms with Gasteiger partial charge in [-0.05, 0) is 46.9 Å². The maximum absolute atomic E-state index is 13.8. The molecule has 31 heavy (non-hydrogen) atoms. The van der Waals surface area contributed by atoms with Gasteiger partial charge in [0.05, 0.1) is 10.8 Å². The number of imide groups is 1. The number of hydrogen-bond donors (Lipinski definition) is 1. The molecule has 5 heteroatoms. The number of carbonyl (C=O) groups excluding carboxylic acids is 2. The Bertz CT molecular complexity index is 1340. The van der Waals surface area contributed by atoms with Gasteiger partial charge in [0.15, 0.2) is 0 Å². The van der Waals surface area contributed by atoms with Gasteiger partial charge in [-0.1, -0.05) is 60.7 Å². The highest BCUT2D eigenvalue weighted by Gasteiger charge is 2.75. The fourth-order valence-corrected chi connectivity index (χ4v) is 6.69. The molecule has 2 bridgehead atoms. The molecule has 1 N–H and O–H groups in total. The lowest BCUT2D eigenvalue weighted by Crippen LogP contribution is -2.56. The van der Waals surface area contributed by atoms with E-state index >= 15 is 0 Å². The number of aliphatic carboxylic acids is 1. The molecule has 3 aromatic rings. The third-order valence-corrected chi connectivity index (χ3v) is 8.13. The molecule has 0 spiro atoms. The van der Waals surface area contributed by atoms with E-state index in [1.807, 2.05) is 44.2 Å². The smallest absolute Gasteiger partial charge is 0.323 e. The topological polar surface area (TPSA) is 74.7 Å². The number of carboxylic acid groups (broad SMARTS) is 1. The zero-order valence-electron chi connectivity index (χ0n) is 17.3. The Labute approximate surface area is 179 Å². The first-order valence-corrected chi connectivity index (χ1v) is 10.5. The molecule has 1 saturated heterocycles. The van der Waals surface area contributed by atoms with Crippen LogP contribution in [-0.2, 0) is 14.4 Å². The van der Waals surface area contributed by atoms with Gasteiger partial charge >= 0.3 is 5.97 Å². The molecule has 5 nitrogen and oxygen atoms in total. The lowest BCUT2D eigenvalue weighted by Gasteiger charge is -2.57. The van der Waals surface area contributed by atoms with Gasteiger partial charge in [0.2, 0.25) is 11.8 Å². The fourth-order valence-electron chi connectivity index (χ4n) is 6.69. The number of fused-ring (bicyclic) bond motifs is 1. The van der Waals surface area contributed by atoms with E-state index in [-0.39, 0.29) is 23.7 Å². The predicted molar refractivity (Wildman–Crippen MR) is 115 cm³/mol. The molecule has 2 amide bonds. The van der Waals surface area contributed by atoms with Crippen molar-refractivity contribution in [3.05, 3.63) is 82.9 Å². The molecule has 0 aromatic heterocycles. The molecule has 1 aliphatic heterocycles. The number of likely N-dealkylation sites (tertiary alicyclic amines) is 1. The monoisotopic (exact) mass is 411 g/mol. The summed E-state index contributed by atoms with van der Waals surface area (Å²) >= 11 is 0. The van der Waals surface area contributed by atoms with Gasteiger partial charge in [0, 0.05) is 11.8 Å². The number of nitrogens with zero attached hydrogens (tertiary/aromatic N) is 1. The van der Waals surface area contributed by atoms with Crippen LogP contribution in [-0.4, -0.2) is 34.3 Å². The summed E-state index contributed by atoms with van der Waals surface area (Å²) in [5.74, 6) is -2.58. The highest BCUT2D eigenvalue weighted by atomic mass is 16.4. The van der Waals surface area contributed by atoms with Crippen molar-refractivity contribution in [3.8, 4) is 0 Å². The molecule has 4 unspecified atom stereocenters. The van der Waals surface area contributed by atoms with Gasteiger partial charge in [0.1, 0.15) is 6.54 Å². The van der Waals surface area contributed by atoms with Gasteiger partial charge in [-0.25, -0.2) is 0 Å². The summed E-state index contributed by atoms with van der Waals surface area (Å²) in [6.07, 6.45) is 0. The second-order valence-electron chi connectivity index (χ2n) is 9.28. The van der Waals surface area contributed by atoms with E-state index in [0.717, 1.165) is 37.9 Å². The molecular weight excluding hydrogens is 390 g/mol. The summed E-state index contributed by atoms with van der Waals surface area (Å²) < 4.78 is 0. The van der Waals surface area contributed by atoms with E-state index in [0.29, 0.717) is 0 Å². The maximum Gasteiger partial charge on any atom is 0.323 e. The first-order chi connectivity index (χ1) is 14.8. The number of carboxylic acids is 1. The van der Waals surface area contributed by atoms with Crippen molar-refractivity contribution >= 4 is 28.6 Å². The summed E-state index contributed by atoms with van der Waals surface area (Å²) in [5, 5.41) is 11.6. The molecule has 1 fully saturated rings. The van der Waals surface area contributed by atoms with Gasteiger partial charge in [-0.3, -0.25) is 19.3 Å². The Hall–Kier alpha value is -3.47. The molecule has 7 rings (SSSR count). The Morgan fingerprint density at radius 1 is 0.839 bits per heavy atom. The first-order valence-electron chi connectivity index (χ1n) is 10.5. The van der Waals surface area contributed by atoms with E-state index < -0.39 is 23.3 Å². The van der Waals surface area contributed by atoms with Crippen molar-refractivity contribution in [1.82, 2.24) is 4.90 Å². The van der Waals surface area contributed by atoms with Crippen LogP contribution in [0, 0.1) is 10.8 Å². The minimum Gasteiger partial charge on any atom is -0.480 e. The summed E-state index contributed by atoms with van der Waals surface area (Å²) in [7, 11) is 0. The van der Waals surface area contributed by atoms with Crippen LogP contribution in [0.15, 0.2) is 60.7 Å². The van der Waals surface area contributed by atoms with Gasteiger partial charge < -0.3 is 5.11 Å². The molecular formula is C26H21NO4. The zero-order valence-corrected chi connectivity index (χ0v) is 17.3. The van der Waals surface area contributed by atoms with E-state index in [1.165, 1.54) is 0 Å². The molecule has 0 saturated carbocycles. The van der Waals surface area contributed by atoms with Gasteiger partial charge in [-0.2, -0.15) is 0 Å². The van der Waals surface area contributed by atoms with Crippen LogP contribution < -0.4 is 0 Å². The Morgan fingerprint density at radius 2 is 1.42 bits per heavy atom. The summed E-state index contributed by atoms with van der Waals surface area (Å²) in [6.45, 7) is 3.13. The molecule has 4 aliphatic rings. The van der Waals surface area contributed by atoms with Crippen molar-refractivity contribution < 1.29 is 19.5 Å². The van der Waals surface area contributed by atoms with Crippen molar-refractivity contribution in [2.45, 2.75) is 25.7 Å². The van der Waals surface area contributed by atoms with Gasteiger partial charge in [0.25, 0.3) is 0 Å². The number of benzene rings is 3. The van der Waals surface area contributed by atoms with Crippen LogP contribution in [0.25, 0.3) is 10.8 Å². The number of hydrogen-bond acceptors (Lipinski definition) is 3. The minimum atomic E-state index is -1.18. The second kappa shape index (κ2) is 5.61. The number of amides is 2. The van der Waals surface area contributed by atoms with Crippen LogP contribution >= 0.6 is 0 Å². The lowest BCUT2D eigenvalue weighted by atomic mass is 9.42. The van der Waals surface area contributed by atoms with Crippen molar-refractivity contribution in [2.24, 2.45) is 10.8 Å². The average molecular weight is 411 g/mol. The SMILES string of the molecule is CC12C(=O)N(CC(=O)O)C(=O)C1(C)C1c3ccccc3C2c2ccc3ccccc3c21. The van der Waals surface area contributed by atoms with Crippen LogP contribution in [0.3, 0.4) is 0 Å². The minimum absolute atomic E-state index is 0.312. The number of carbonyl (C=O) groups is 3. The van der Waals surface area contributed by atoms with Gasteiger partial charge in [-0.15, -0.1) is 0 Å².